The minimum absolute atomic E-state index is 0.0557. The molecule has 0 aliphatic heterocycles. The number of rotatable bonds is 7. The SMILES string of the molecule is CN(Cc1ccc(Cl)s1)C(=O)CSc1nnc(C2CC2)n1-c1ccccc1. The number of para-hydroxylation sites is 1. The Morgan fingerprint density at radius 2 is 2.04 bits per heavy atom. The van der Waals surface area contributed by atoms with Gasteiger partial charge in [-0.3, -0.25) is 9.36 Å². The molecule has 0 radical (unpaired) electrons. The average Bonchev–Trinajstić information content (AvgIpc) is 3.31. The van der Waals surface area contributed by atoms with Gasteiger partial charge < -0.3 is 4.90 Å². The molecule has 0 atom stereocenters. The number of aromatic nitrogens is 3. The van der Waals surface area contributed by atoms with Gasteiger partial charge in [0.1, 0.15) is 5.82 Å². The lowest BCUT2D eigenvalue weighted by atomic mass is 10.3. The monoisotopic (exact) mass is 418 g/mol. The highest BCUT2D eigenvalue weighted by atomic mass is 35.5. The molecule has 1 amide bonds. The van der Waals surface area contributed by atoms with E-state index in [2.05, 4.69) is 14.8 Å². The number of hydrogen-bond donors (Lipinski definition) is 0. The van der Waals surface area contributed by atoms with Crippen molar-refractivity contribution in [2.24, 2.45) is 0 Å². The molecule has 1 aliphatic rings. The number of halogens is 1. The predicted octanol–water partition coefficient (Wildman–Crippen LogP) is 4.61. The molecule has 8 heteroatoms. The standard InChI is InChI=1S/C19H19ClN4OS2/c1-23(11-15-9-10-16(20)27-15)17(25)12-26-19-22-21-18(13-7-8-13)24(19)14-5-3-2-4-6-14/h2-6,9-10,13H,7-8,11-12H2,1H3. The molecule has 5 nitrogen and oxygen atoms in total. The zero-order chi connectivity index (χ0) is 18.8. The average molecular weight is 419 g/mol. The van der Waals surface area contributed by atoms with E-state index < -0.39 is 0 Å². The highest BCUT2D eigenvalue weighted by Crippen LogP contribution is 2.41. The molecule has 3 aromatic rings. The second-order valence-corrected chi connectivity index (χ2v) is 9.27. The smallest absolute Gasteiger partial charge is 0.233 e. The maximum atomic E-state index is 12.5. The number of thioether (sulfide) groups is 1. The van der Waals surface area contributed by atoms with Crippen molar-refractivity contribution in [3.8, 4) is 5.69 Å². The number of hydrogen-bond acceptors (Lipinski definition) is 5. The van der Waals surface area contributed by atoms with Crippen LogP contribution < -0.4 is 0 Å². The molecule has 0 N–H and O–H groups in total. The quantitative estimate of drug-likeness (QED) is 0.526. The molecule has 1 aromatic carbocycles. The van der Waals surface area contributed by atoms with E-state index in [4.69, 9.17) is 11.6 Å². The van der Waals surface area contributed by atoms with E-state index in [1.807, 2.05) is 49.5 Å². The van der Waals surface area contributed by atoms with Crippen LogP contribution in [0.3, 0.4) is 0 Å². The van der Waals surface area contributed by atoms with Crippen LogP contribution in [0.4, 0.5) is 0 Å². The fraction of sp³-hybridized carbons (Fsp3) is 0.316. The minimum atomic E-state index is 0.0557. The summed E-state index contributed by atoms with van der Waals surface area (Å²) in [5.74, 6) is 1.86. The van der Waals surface area contributed by atoms with E-state index in [1.165, 1.54) is 23.1 Å². The number of carbonyl (C=O) groups is 1. The summed E-state index contributed by atoms with van der Waals surface area (Å²) in [5, 5.41) is 9.53. The van der Waals surface area contributed by atoms with Gasteiger partial charge in [0.15, 0.2) is 5.16 Å². The summed E-state index contributed by atoms with van der Waals surface area (Å²) in [6, 6.07) is 13.9. The molecule has 4 rings (SSSR count). The van der Waals surface area contributed by atoms with E-state index in [-0.39, 0.29) is 5.91 Å². The molecule has 27 heavy (non-hydrogen) atoms. The summed E-state index contributed by atoms with van der Waals surface area (Å²) >= 11 is 8.90. The van der Waals surface area contributed by atoms with Gasteiger partial charge >= 0.3 is 0 Å². The lowest BCUT2D eigenvalue weighted by Gasteiger charge is -2.16. The number of nitrogens with zero attached hydrogens (tertiary/aromatic N) is 4. The minimum Gasteiger partial charge on any atom is -0.340 e. The molecule has 140 valence electrons. The number of carbonyl (C=O) groups excluding carboxylic acids is 1. The first kappa shape index (κ1) is 18.5. The Bertz CT molecular complexity index is 936. The summed E-state index contributed by atoms with van der Waals surface area (Å²) in [4.78, 5) is 15.3. The molecule has 1 saturated carbocycles. The number of benzene rings is 1. The summed E-state index contributed by atoms with van der Waals surface area (Å²) < 4.78 is 2.83. The van der Waals surface area contributed by atoms with E-state index >= 15 is 0 Å². The van der Waals surface area contributed by atoms with Crippen molar-refractivity contribution in [2.75, 3.05) is 12.8 Å². The molecular formula is C19H19ClN4OS2. The highest BCUT2D eigenvalue weighted by molar-refractivity contribution is 7.99. The van der Waals surface area contributed by atoms with Crippen molar-refractivity contribution in [1.29, 1.82) is 0 Å². The van der Waals surface area contributed by atoms with E-state index in [1.54, 1.807) is 4.90 Å². The fourth-order valence-corrected chi connectivity index (χ4v) is 4.84. The Balaban J connectivity index is 1.46. The van der Waals surface area contributed by atoms with Gasteiger partial charge in [0.25, 0.3) is 0 Å². The van der Waals surface area contributed by atoms with Crippen LogP contribution in [0.15, 0.2) is 47.6 Å². The van der Waals surface area contributed by atoms with Crippen LogP contribution in [0.25, 0.3) is 5.69 Å². The third-order valence-corrected chi connectivity index (χ3v) is 6.52. The first-order valence-corrected chi connectivity index (χ1v) is 10.9. The molecule has 1 aliphatic carbocycles. The van der Waals surface area contributed by atoms with Crippen LogP contribution in [-0.4, -0.2) is 38.4 Å². The van der Waals surface area contributed by atoms with Crippen molar-refractivity contribution >= 4 is 40.6 Å². The summed E-state index contributed by atoms with van der Waals surface area (Å²) in [6.07, 6.45) is 2.31. The van der Waals surface area contributed by atoms with Crippen LogP contribution in [0.2, 0.25) is 4.34 Å². The van der Waals surface area contributed by atoms with E-state index in [0.717, 1.165) is 38.7 Å². The topological polar surface area (TPSA) is 51.0 Å². The number of amides is 1. The first-order chi connectivity index (χ1) is 13.1. The maximum absolute atomic E-state index is 12.5. The van der Waals surface area contributed by atoms with Gasteiger partial charge in [-0.05, 0) is 37.1 Å². The molecule has 0 bridgehead atoms. The van der Waals surface area contributed by atoms with E-state index in [9.17, 15) is 4.79 Å². The van der Waals surface area contributed by atoms with Crippen LogP contribution in [0, 0.1) is 0 Å². The van der Waals surface area contributed by atoms with E-state index in [0.29, 0.717) is 18.2 Å². The first-order valence-electron chi connectivity index (χ1n) is 8.73. The van der Waals surface area contributed by atoms with Gasteiger partial charge in [-0.1, -0.05) is 41.6 Å². The summed E-state index contributed by atoms with van der Waals surface area (Å²) in [5.41, 5.74) is 1.04. The van der Waals surface area contributed by atoms with Crippen molar-refractivity contribution in [1.82, 2.24) is 19.7 Å². The normalized spacial score (nSPS) is 13.7. The molecule has 0 unspecified atom stereocenters. The van der Waals surface area contributed by atoms with Gasteiger partial charge in [0, 0.05) is 23.5 Å². The molecular weight excluding hydrogens is 400 g/mol. The fourth-order valence-electron chi connectivity index (χ4n) is 2.80. The molecule has 0 spiro atoms. The van der Waals surface area contributed by atoms with Crippen LogP contribution >= 0.6 is 34.7 Å². The van der Waals surface area contributed by atoms with Crippen molar-refractivity contribution in [2.45, 2.75) is 30.5 Å². The Morgan fingerprint density at radius 1 is 1.26 bits per heavy atom. The Hall–Kier alpha value is -1.83. The molecule has 0 saturated heterocycles. The van der Waals surface area contributed by atoms with Crippen LogP contribution in [-0.2, 0) is 11.3 Å². The van der Waals surface area contributed by atoms with Crippen LogP contribution in [0.5, 0.6) is 0 Å². The highest BCUT2D eigenvalue weighted by Gasteiger charge is 2.31. The van der Waals surface area contributed by atoms with Crippen molar-refractivity contribution in [3.63, 3.8) is 0 Å². The van der Waals surface area contributed by atoms with Gasteiger partial charge in [-0.2, -0.15) is 0 Å². The lowest BCUT2D eigenvalue weighted by Crippen LogP contribution is -2.27. The zero-order valence-electron chi connectivity index (χ0n) is 14.8. The third kappa shape index (κ3) is 4.36. The van der Waals surface area contributed by atoms with Gasteiger partial charge in [-0.15, -0.1) is 21.5 Å². The predicted molar refractivity (Wildman–Crippen MR) is 110 cm³/mol. The second kappa shape index (κ2) is 8.04. The second-order valence-electron chi connectivity index (χ2n) is 6.53. The van der Waals surface area contributed by atoms with Crippen LogP contribution in [0.1, 0.15) is 29.5 Å². The third-order valence-electron chi connectivity index (χ3n) is 4.39. The van der Waals surface area contributed by atoms with Gasteiger partial charge in [0.05, 0.1) is 16.6 Å². The summed E-state index contributed by atoms with van der Waals surface area (Å²) in [7, 11) is 1.81. The zero-order valence-corrected chi connectivity index (χ0v) is 17.2. The number of thiophene rings is 1. The molecule has 2 heterocycles. The lowest BCUT2D eigenvalue weighted by molar-refractivity contribution is -0.127. The largest absolute Gasteiger partial charge is 0.340 e. The molecule has 1 fully saturated rings. The van der Waals surface area contributed by atoms with Gasteiger partial charge in [0.2, 0.25) is 5.91 Å². The summed E-state index contributed by atoms with van der Waals surface area (Å²) in [6.45, 7) is 0.565. The molecule has 2 aromatic heterocycles. The van der Waals surface area contributed by atoms with Crippen molar-refractivity contribution < 1.29 is 4.79 Å². The Morgan fingerprint density at radius 3 is 2.70 bits per heavy atom. The Kier molecular flexibility index (Phi) is 5.52. The van der Waals surface area contributed by atoms with Gasteiger partial charge in [-0.25, -0.2) is 0 Å². The van der Waals surface area contributed by atoms with Crippen molar-refractivity contribution in [3.05, 3.63) is 57.5 Å². The Labute approximate surface area is 171 Å². The maximum Gasteiger partial charge on any atom is 0.233 e.